The number of rotatable bonds is 4. The maximum absolute atomic E-state index is 13.7. The van der Waals surface area contributed by atoms with Crippen molar-refractivity contribution in [3.05, 3.63) is 35.3 Å². The first-order chi connectivity index (χ1) is 13.2. The SMILES string of the molecule is CC[C@H](NC(=O)c1cc2cc(F)c(C)cc2[nH]1)C(=O)N1CC[C@@]2(C1)CC2(F)F. The van der Waals surface area contributed by atoms with Crippen LogP contribution >= 0.6 is 0 Å². The summed E-state index contributed by atoms with van der Waals surface area (Å²) >= 11 is 0. The number of aryl methyl sites for hydroxylation is 1. The van der Waals surface area contributed by atoms with Crippen molar-refractivity contribution in [2.75, 3.05) is 13.1 Å². The van der Waals surface area contributed by atoms with E-state index in [2.05, 4.69) is 10.3 Å². The van der Waals surface area contributed by atoms with E-state index in [1.165, 1.54) is 17.0 Å². The van der Waals surface area contributed by atoms with Gasteiger partial charge in [0.2, 0.25) is 5.91 Å². The van der Waals surface area contributed by atoms with E-state index in [0.717, 1.165) is 0 Å². The number of hydrogen-bond donors (Lipinski definition) is 2. The molecule has 1 spiro atoms. The van der Waals surface area contributed by atoms with Gasteiger partial charge in [-0.15, -0.1) is 0 Å². The summed E-state index contributed by atoms with van der Waals surface area (Å²) in [4.78, 5) is 29.7. The minimum Gasteiger partial charge on any atom is -0.351 e. The number of nitrogens with one attached hydrogen (secondary N) is 2. The summed E-state index contributed by atoms with van der Waals surface area (Å²) < 4.78 is 40.8. The van der Waals surface area contributed by atoms with E-state index in [-0.39, 0.29) is 36.9 Å². The molecule has 5 nitrogen and oxygen atoms in total. The summed E-state index contributed by atoms with van der Waals surface area (Å²) in [6.45, 7) is 3.71. The third-order valence-electron chi connectivity index (χ3n) is 6.03. The zero-order valence-electron chi connectivity index (χ0n) is 15.7. The Morgan fingerprint density at radius 1 is 1.32 bits per heavy atom. The van der Waals surface area contributed by atoms with Gasteiger partial charge in [-0.05, 0) is 43.5 Å². The Balaban J connectivity index is 1.46. The van der Waals surface area contributed by atoms with Gasteiger partial charge in [0.1, 0.15) is 17.6 Å². The lowest BCUT2D eigenvalue weighted by Gasteiger charge is -2.23. The zero-order chi connectivity index (χ0) is 20.3. The molecular formula is C20H22F3N3O2. The maximum atomic E-state index is 13.7. The van der Waals surface area contributed by atoms with Gasteiger partial charge in [-0.3, -0.25) is 9.59 Å². The number of nitrogens with zero attached hydrogens (tertiary/aromatic N) is 1. The molecule has 4 rings (SSSR count). The lowest BCUT2D eigenvalue weighted by Crippen LogP contribution is -2.47. The largest absolute Gasteiger partial charge is 0.351 e. The number of halogens is 3. The van der Waals surface area contributed by atoms with Crippen LogP contribution in [-0.4, -0.2) is 46.8 Å². The van der Waals surface area contributed by atoms with Crippen LogP contribution in [0.5, 0.6) is 0 Å². The van der Waals surface area contributed by atoms with E-state index in [1.807, 2.05) is 0 Å². The molecule has 2 fully saturated rings. The van der Waals surface area contributed by atoms with Crippen LogP contribution in [0.1, 0.15) is 42.2 Å². The van der Waals surface area contributed by atoms with Crippen molar-refractivity contribution in [1.82, 2.24) is 15.2 Å². The van der Waals surface area contributed by atoms with Crippen LogP contribution in [-0.2, 0) is 4.79 Å². The van der Waals surface area contributed by atoms with Gasteiger partial charge >= 0.3 is 0 Å². The lowest BCUT2D eigenvalue weighted by atomic mass is 10.1. The molecule has 0 unspecified atom stereocenters. The molecule has 8 heteroatoms. The van der Waals surface area contributed by atoms with Crippen LogP contribution in [0.25, 0.3) is 10.9 Å². The number of aromatic nitrogens is 1. The Kier molecular flexibility index (Phi) is 4.21. The zero-order valence-corrected chi connectivity index (χ0v) is 15.7. The average molecular weight is 393 g/mol. The van der Waals surface area contributed by atoms with E-state index in [0.29, 0.717) is 29.3 Å². The normalized spacial score (nSPS) is 24.0. The number of fused-ring (bicyclic) bond motifs is 1. The third-order valence-corrected chi connectivity index (χ3v) is 6.03. The topological polar surface area (TPSA) is 65.2 Å². The molecule has 2 N–H and O–H groups in total. The third kappa shape index (κ3) is 2.95. The monoisotopic (exact) mass is 393 g/mol. The van der Waals surface area contributed by atoms with E-state index >= 15 is 0 Å². The predicted octanol–water partition coefficient (Wildman–Crippen LogP) is 3.38. The van der Waals surface area contributed by atoms with Crippen molar-refractivity contribution in [2.24, 2.45) is 5.41 Å². The molecule has 0 radical (unpaired) electrons. The number of alkyl halides is 2. The summed E-state index contributed by atoms with van der Waals surface area (Å²) in [6.07, 6.45) is 0.472. The summed E-state index contributed by atoms with van der Waals surface area (Å²) in [5.41, 5.74) is 0.242. The van der Waals surface area contributed by atoms with Crippen LogP contribution in [0.2, 0.25) is 0 Å². The van der Waals surface area contributed by atoms with Gasteiger partial charge in [-0.25, -0.2) is 13.2 Å². The quantitative estimate of drug-likeness (QED) is 0.836. The highest BCUT2D eigenvalue weighted by Gasteiger charge is 2.73. The van der Waals surface area contributed by atoms with Crippen molar-refractivity contribution in [3.8, 4) is 0 Å². The molecule has 1 aliphatic carbocycles. The molecule has 2 amide bonds. The number of amides is 2. The van der Waals surface area contributed by atoms with Crippen LogP contribution in [0.4, 0.5) is 13.2 Å². The Morgan fingerprint density at radius 3 is 2.64 bits per heavy atom. The van der Waals surface area contributed by atoms with Gasteiger partial charge in [-0.1, -0.05) is 6.92 Å². The van der Waals surface area contributed by atoms with Crippen LogP contribution in [0.3, 0.4) is 0 Å². The molecule has 2 aliphatic rings. The molecule has 28 heavy (non-hydrogen) atoms. The lowest BCUT2D eigenvalue weighted by molar-refractivity contribution is -0.132. The van der Waals surface area contributed by atoms with Gasteiger partial charge < -0.3 is 15.2 Å². The summed E-state index contributed by atoms with van der Waals surface area (Å²) in [6, 6.07) is 3.70. The smallest absolute Gasteiger partial charge is 0.268 e. The van der Waals surface area contributed by atoms with Crippen LogP contribution < -0.4 is 5.32 Å². The molecule has 1 saturated carbocycles. The summed E-state index contributed by atoms with van der Waals surface area (Å²) in [7, 11) is 0. The maximum Gasteiger partial charge on any atom is 0.268 e. The highest BCUT2D eigenvalue weighted by Crippen LogP contribution is 2.65. The fourth-order valence-corrected chi connectivity index (χ4v) is 4.06. The van der Waals surface area contributed by atoms with Crippen molar-refractivity contribution in [2.45, 2.75) is 45.1 Å². The summed E-state index contributed by atoms with van der Waals surface area (Å²) in [5, 5.41) is 3.24. The number of benzene rings is 1. The number of hydrogen-bond acceptors (Lipinski definition) is 2. The number of carbonyl (C=O) groups excluding carboxylic acids is 2. The Hall–Kier alpha value is -2.51. The van der Waals surface area contributed by atoms with Gasteiger partial charge in [-0.2, -0.15) is 0 Å². The number of H-pyrrole nitrogens is 1. The van der Waals surface area contributed by atoms with Crippen molar-refractivity contribution in [1.29, 1.82) is 0 Å². The first-order valence-corrected chi connectivity index (χ1v) is 9.42. The van der Waals surface area contributed by atoms with Crippen LogP contribution in [0.15, 0.2) is 18.2 Å². The minimum atomic E-state index is -2.69. The first kappa shape index (κ1) is 18.8. The second-order valence-corrected chi connectivity index (χ2v) is 7.98. The molecule has 1 saturated heterocycles. The molecule has 1 aromatic heterocycles. The standard InChI is InChI=1S/C20H22F3N3O2/c1-3-14(18(28)26-5-4-19(10-26)9-20(19,22)23)25-17(27)16-8-12-7-13(21)11(2)6-15(12)24-16/h6-8,14,24H,3-5,9-10H2,1-2H3,(H,25,27)/t14-,19-/m0/s1. The Labute approximate surface area is 160 Å². The van der Waals surface area contributed by atoms with Gasteiger partial charge in [0.25, 0.3) is 11.8 Å². The van der Waals surface area contributed by atoms with E-state index in [4.69, 9.17) is 0 Å². The number of aromatic amines is 1. The van der Waals surface area contributed by atoms with E-state index in [1.54, 1.807) is 19.9 Å². The van der Waals surface area contributed by atoms with Crippen molar-refractivity contribution < 1.29 is 22.8 Å². The van der Waals surface area contributed by atoms with Crippen molar-refractivity contribution >= 4 is 22.7 Å². The molecule has 2 atom stereocenters. The van der Waals surface area contributed by atoms with E-state index < -0.39 is 23.3 Å². The molecule has 0 bridgehead atoms. The average Bonchev–Trinajstić information content (AvgIpc) is 3.01. The molecule has 1 aliphatic heterocycles. The minimum absolute atomic E-state index is 0.0378. The van der Waals surface area contributed by atoms with Crippen molar-refractivity contribution in [3.63, 3.8) is 0 Å². The predicted molar refractivity (Wildman–Crippen MR) is 97.7 cm³/mol. The fourth-order valence-electron chi connectivity index (χ4n) is 4.06. The number of likely N-dealkylation sites (tertiary alicyclic amines) is 1. The molecule has 2 aromatic rings. The first-order valence-electron chi connectivity index (χ1n) is 9.42. The molecule has 1 aromatic carbocycles. The molecule has 150 valence electrons. The van der Waals surface area contributed by atoms with Gasteiger partial charge in [0.05, 0.1) is 5.41 Å². The second kappa shape index (κ2) is 6.25. The fraction of sp³-hybridized carbons (Fsp3) is 0.500. The Bertz CT molecular complexity index is 932. The molecule has 2 heterocycles. The number of carbonyl (C=O) groups is 2. The highest BCUT2D eigenvalue weighted by molar-refractivity contribution is 6.00. The highest BCUT2D eigenvalue weighted by atomic mass is 19.3. The van der Waals surface area contributed by atoms with E-state index in [9.17, 15) is 22.8 Å². The Morgan fingerprint density at radius 2 is 2.04 bits per heavy atom. The molecular weight excluding hydrogens is 371 g/mol. The van der Waals surface area contributed by atoms with Gasteiger partial charge in [0, 0.05) is 30.4 Å². The second-order valence-electron chi connectivity index (χ2n) is 7.98. The summed E-state index contributed by atoms with van der Waals surface area (Å²) in [5.74, 6) is -3.88. The van der Waals surface area contributed by atoms with Gasteiger partial charge in [0.15, 0.2) is 0 Å². The van der Waals surface area contributed by atoms with Crippen LogP contribution in [0, 0.1) is 18.2 Å².